The number of benzene rings is 1. The van der Waals surface area contributed by atoms with E-state index in [0.29, 0.717) is 11.4 Å². The third-order valence-corrected chi connectivity index (χ3v) is 7.30. The van der Waals surface area contributed by atoms with Crippen molar-refractivity contribution in [3.8, 4) is 10.6 Å². The van der Waals surface area contributed by atoms with E-state index in [1.807, 2.05) is 34.5 Å². The Morgan fingerprint density at radius 2 is 1.83 bits per heavy atom. The molecule has 1 amide bonds. The molecule has 5 nitrogen and oxygen atoms in total. The minimum absolute atomic E-state index is 0.141. The van der Waals surface area contributed by atoms with Crippen molar-refractivity contribution in [2.24, 2.45) is 0 Å². The Morgan fingerprint density at radius 3 is 2.55 bits per heavy atom. The van der Waals surface area contributed by atoms with Crippen molar-refractivity contribution in [3.05, 3.63) is 56.4 Å². The third kappa shape index (κ3) is 5.04. The molecule has 2 aromatic heterocycles. The number of amides is 1. The lowest BCUT2D eigenvalue weighted by Crippen LogP contribution is -2.48. The highest BCUT2D eigenvalue weighted by atomic mass is 35.5. The highest BCUT2D eigenvalue weighted by molar-refractivity contribution is 7.13. The number of rotatable bonds is 6. The number of aryl methyl sites for hydroxylation is 1. The monoisotopic (exact) mass is 446 g/mol. The molecular weight excluding hydrogens is 424 g/mol. The molecule has 0 radical (unpaired) electrons. The second-order valence-electron chi connectivity index (χ2n) is 7.04. The fourth-order valence-corrected chi connectivity index (χ4v) is 5.26. The largest absolute Gasteiger partial charge is 0.340 e. The van der Waals surface area contributed by atoms with Crippen LogP contribution in [0.15, 0.2) is 35.0 Å². The molecule has 1 saturated heterocycles. The number of halogens is 1. The number of hydrogen-bond donors (Lipinski definition) is 0. The van der Waals surface area contributed by atoms with E-state index < -0.39 is 0 Å². The van der Waals surface area contributed by atoms with Gasteiger partial charge in [-0.05, 0) is 12.5 Å². The molecule has 4 rings (SSSR count). The molecule has 3 aromatic rings. The van der Waals surface area contributed by atoms with E-state index in [9.17, 15) is 4.79 Å². The van der Waals surface area contributed by atoms with Gasteiger partial charge in [-0.25, -0.2) is 9.97 Å². The van der Waals surface area contributed by atoms with Crippen LogP contribution in [0, 0.1) is 0 Å². The van der Waals surface area contributed by atoms with Crippen LogP contribution in [0.5, 0.6) is 0 Å². The number of nitrogens with zero attached hydrogens (tertiary/aromatic N) is 4. The zero-order valence-electron chi connectivity index (χ0n) is 16.3. The zero-order chi connectivity index (χ0) is 20.2. The fraction of sp³-hybridized carbons (Fsp3) is 0.381. The standard InChI is InChI=1S/C21H23ClN4OS2/c1-2-19-23-16(14-28-19)12-25-7-9-26(10-8-25)20(27)11-15-13-29-21(24-15)17-5-3-4-6-18(17)22/h3-6,13-14H,2,7-12H2,1H3. The molecule has 1 aliphatic heterocycles. The van der Waals surface area contributed by atoms with Gasteiger partial charge in [0.2, 0.25) is 5.91 Å². The van der Waals surface area contributed by atoms with Crippen LogP contribution in [-0.2, 0) is 24.2 Å². The molecule has 1 aromatic carbocycles. The number of hydrogen-bond acceptors (Lipinski definition) is 6. The van der Waals surface area contributed by atoms with Crippen LogP contribution < -0.4 is 0 Å². The number of carbonyl (C=O) groups is 1. The van der Waals surface area contributed by atoms with Crippen LogP contribution in [0.3, 0.4) is 0 Å². The zero-order valence-corrected chi connectivity index (χ0v) is 18.7. The number of aromatic nitrogens is 2. The Bertz CT molecular complexity index is 978. The summed E-state index contributed by atoms with van der Waals surface area (Å²) in [5.74, 6) is 0.141. The van der Waals surface area contributed by atoms with E-state index in [0.717, 1.165) is 61.1 Å². The predicted molar refractivity (Wildman–Crippen MR) is 120 cm³/mol. The highest BCUT2D eigenvalue weighted by Gasteiger charge is 2.22. The fourth-order valence-electron chi connectivity index (χ4n) is 3.38. The summed E-state index contributed by atoms with van der Waals surface area (Å²) in [6.45, 7) is 6.27. The van der Waals surface area contributed by atoms with Gasteiger partial charge in [0.1, 0.15) is 5.01 Å². The number of thiazole rings is 2. The van der Waals surface area contributed by atoms with Crippen LogP contribution in [0.4, 0.5) is 0 Å². The first-order chi connectivity index (χ1) is 14.1. The molecular formula is C21H23ClN4OS2. The predicted octanol–water partition coefficient (Wildman–Crippen LogP) is 4.37. The molecule has 0 aliphatic carbocycles. The lowest BCUT2D eigenvalue weighted by atomic mass is 10.2. The Balaban J connectivity index is 1.29. The van der Waals surface area contributed by atoms with Crippen LogP contribution in [0.2, 0.25) is 5.02 Å². The third-order valence-electron chi connectivity index (χ3n) is 5.00. The molecule has 0 saturated carbocycles. The molecule has 0 N–H and O–H groups in total. The van der Waals surface area contributed by atoms with Crippen LogP contribution in [0.25, 0.3) is 10.6 Å². The van der Waals surface area contributed by atoms with Crippen molar-refractivity contribution in [3.63, 3.8) is 0 Å². The summed E-state index contributed by atoms with van der Waals surface area (Å²) in [6.07, 6.45) is 1.33. The Morgan fingerprint density at radius 1 is 1.07 bits per heavy atom. The Kier molecular flexibility index (Phi) is 6.60. The van der Waals surface area contributed by atoms with Crippen molar-refractivity contribution >= 4 is 40.2 Å². The maximum atomic E-state index is 12.7. The first kappa shape index (κ1) is 20.5. The number of carbonyl (C=O) groups excluding carboxylic acids is 1. The lowest BCUT2D eigenvalue weighted by Gasteiger charge is -2.34. The van der Waals surface area contributed by atoms with Gasteiger partial charge in [0, 0.05) is 49.0 Å². The van der Waals surface area contributed by atoms with Crippen LogP contribution in [0.1, 0.15) is 23.3 Å². The van der Waals surface area contributed by atoms with E-state index in [1.54, 1.807) is 11.3 Å². The van der Waals surface area contributed by atoms with Gasteiger partial charge in [-0.3, -0.25) is 9.69 Å². The summed E-state index contributed by atoms with van der Waals surface area (Å²) in [6, 6.07) is 7.66. The van der Waals surface area contributed by atoms with Crippen molar-refractivity contribution in [2.75, 3.05) is 26.2 Å². The van der Waals surface area contributed by atoms with Crippen molar-refractivity contribution < 1.29 is 4.79 Å². The molecule has 0 bridgehead atoms. The van der Waals surface area contributed by atoms with E-state index in [4.69, 9.17) is 11.6 Å². The summed E-state index contributed by atoms with van der Waals surface area (Å²) in [5.41, 5.74) is 2.87. The Hall–Kier alpha value is -1.80. The maximum absolute atomic E-state index is 12.7. The van der Waals surface area contributed by atoms with Gasteiger partial charge in [0.25, 0.3) is 0 Å². The second-order valence-corrected chi connectivity index (χ2v) is 9.25. The Labute approximate surface area is 184 Å². The van der Waals surface area contributed by atoms with Gasteiger partial charge in [-0.1, -0.05) is 36.7 Å². The van der Waals surface area contributed by atoms with Crippen molar-refractivity contribution in [1.29, 1.82) is 0 Å². The van der Waals surface area contributed by atoms with Crippen molar-refractivity contribution in [2.45, 2.75) is 26.3 Å². The highest BCUT2D eigenvalue weighted by Crippen LogP contribution is 2.30. The normalized spacial score (nSPS) is 15.0. The molecule has 1 fully saturated rings. The minimum atomic E-state index is 0.141. The van der Waals surface area contributed by atoms with Gasteiger partial charge < -0.3 is 4.90 Å². The first-order valence-corrected chi connectivity index (χ1v) is 11.9. The first-order valence-electron chi connectivity index (χ1n) is 9.75. The number of piperazine rings is 1. The minimum Gasteiger partial charge on any atom is -0.340 e. The summed E-state index contributed by atoms with van der Waals surface area (Å²) in [5, 5.41) is 6.84. The van der Waals surface area contributed by atoms with Crippen LogP contribution in [-0.4, -0.2) is 51.9 Å². The smallest absolute Gasteiger partial charge is 0.228 e. The molecule has 0 unspecified atom stereocenters. The summed E-state index contributed by atoms with van der Waals surface area (Å²) >= 11 is 9.52. The van der Waals surface area contributed by atoms with Crippen LogP contribution >= 0.6 is 34.3 Å². The van der Waals surface area contributed by atoms with Gasteiger partial charge in [0.05, 0.1) is 27.8 Å². The van der Waals surface area contributed by atoms with E-state index in [2.05, 4.69) is 27.2 Å². The molecule has 1 aliphatic rings. The lowest BCUT2D eigenvalue weighted by molar-refractivity contribution is -0.132. The molecule has 0 atom stereocenters. The SMILES string of the molecule is CCc1nc(CN2CCN(C(=O)Cc3csc(-c4ccccc4Cl)n3)CC2)cs1. The van der Waals surface area contributed by atoms with Crippen molar-refractivity contribution in [1.82, 2.24) is 19.8 Å². The molecule has 152 valence electrons. The maximum Gasteiger partial charge on any atom is 0.228 e. The second kappa shape index (κ2) is 9.34. The summed E-state index contributed by atoms with van der Waals surface area (Å²) in [4.78, 5) is 26.3. The molecule has 3 heterocycles. The van der Waals surface area contributed by atoms with Gasteiger partial charge in [-0.2, -0.15) is 0 Å². The van der Waals surface area contributed by atoms with Gasteiger partial charge in [-0.15, -0.1) is 22.7 Å². The summed E-state index contributed by atoms with van der Waals surface area (Å²) < 4.78 is 0. The average molecular weight is 447 g/mol. The molecule has 29 heavy (non-hydrogen) atoms. The van der Waals surface area contributed by atoms with E-state index in [-0.39, 0.29) is 5.91 Å². The topological polar surface area (TPSA) is 49.3 Å². The quantitative estimate of drug-likeness (QED) is 0.564. The molecule has 8 heteroatoms. The summed E-state index contributed by atoms with van der Waals surface area (Å²) in [7, 11) is 0. The van der Waals surface area contributed by atoms with Gasteiger partial charge >= 0.3 is 0 Å². The molecule has 0 spiro atoms. The van der Waals surface area contributed by atoms with Gasteiger partial charge in [0.15, 0.2) is 0 Å². The van der Waals surface area contributed by atoms with E-state index in [1.165, 1.54) is 16.3 Å². The average Bonchev–Trinajstić information content (AvgIpc) is 3.38. The van der Waals surface area contributed by atoms with E-state index >= 15 is 0 Å².